The Balaban J connectivity index is 1.31. The molecular formula is C33H31FN2O2. The van der Waals surface area contributed by atoms with Crippen LogP contribution in [0.5, 0.6) is 5.75 Å². The van der Waals surface area contributed by atoms with Crippen molar-refractivity contribution < 1.29 is 14.3 Å². The number of carbonyl (C=O) groups is 1. The maximum Gasteiger partial charge on any atom is 0.237 e. The smallest absolute Gasteiger partial charge is 0.237 e. The highest BCUT2D eigenvalue weighted by Crippen LogP contribution is 2.36. The summed E-state index contributed by atoms with van der Waals surface area (Å²) in [7, 11) is 0. The molecule has 1 unspecified atom stereocenters. The van der Waals surface area contributed by atoms with Gasteiger partial charge in [0.1, 0.15) is 11.6 Å². The number of aromatic hydroxyl groups is 1. The predicted octanol–water partition coefficient (Wildman–Crippen LogP) is 5.68. The van der Waals surface area contributed by atoms with Crippen LogP contribution in [-0.4, -0.2) is 39.9 Å². The first kappa shape index (κ1) is 24.4. The fraction of sp³-hybridized carbons (Fsp3) is 0.242. The molecule has 1 atom stereocenters. The summed E-state index contributed by atoms with van der Waals surface area (Å²) in [5.74, 6) is -0.0544. The zero-order chi connectivity index (χ0) is 26.1. The first-order valence-corrected chi connectivity index (χ1v) is 13.3. The van der Waals surface area contributed by atoms with Crippen LogP contribution in [0.15, 0.2) is 97.1 Å². The topological polar surface area (TPSA) is 43.8 Å². The Hall–Kier alpha value is -3.96. The Morgan fingerprint density at radius 2 is 1.47 bits per heavy atom. The van der Waals surface area contributed by atoms with E-state index in [9.17, 15) is 14.3 Å². The van der Waals surface area contributed by atoms with Gasteiger partial charge in [-0.05, 0) is 65.3 Å². The number of carbonyl (C=O) groups excluding carboxylic acids is 1. The third kappa shape index (κ3) is 4.82. The standard InChI is InChI=1S/C33H31FN2O2/c34-31-12-6-4-10-27(31)21-36(28-19-25-8-1-2-9-26(25)20-28)32(38)22-35-18-17-23-7-3-5-11-30(23)33(35)24-13-15-29(37)16-14-24/h1-16,28,33,37H,17-22H2. The number of phenolic OH excluding ortho intramolecular Hbond substituents is 1. The molecule has 4 aromatic carbocycles. The van der Waals surface area contributed by atoms with Crippen LogP contribution in [-0.2, 0) is 30.6 Å². The van der Waals surface area contributed by atoms with Crippen LogP contribution < -0.4 is 0 Å². The van der Waals surface area contributed by atoms with Crippen LogP contribution in [0.3, 0.4) is 0 Å². The Bertz CT molecular complexity index is 1430. The highest BCUT2D eigenvalue weighted by atomic mass is 19.1. The zero-order valence-electron chi connectivity index (χ0n) is 21.3. The minimum absolute atomic E-state index is 0.00854. The molecule has 0 saturated carbocycles. The average molecular weight is 507 g/mol. The molecule has 0 bridgehead atoms. The molecule has 0 fully saturated rings. The van der Waals surface area contributed by atoms with Crippen LogP contribution in [0.1, 0.15) is 39.4 Å². The predicted molar refractivity (Wildman–Crippen MR) is 146 cm³/mol. The number of benzene rings is 4. The molecule has 1 aliphatic heterocycles. The van der Waals surface area contributed by atoms with Gasteiger partial charge in [0.05, 0.1) is 12.6 Å². The summed E-state index contributed by atoms with van der Waals surface area (Å²) in [6.07, 6.45) is 2.42. The van der Waals surface area contributed by atoms with Crippen molar-refractivity contribution in [2.45, 2.75) is 37.9 Å². The van der Waals surface area contributed by atoms with Gasteiger partial charge in [0.25, 0.3) is 0 Å². The molecule has 1 N–H and O–H groups in total. The van der Waals surface area contributed by atoms with E-state index in [2.05, 4.69) is 35.2 Å². The highest BCUT2D eigenvalue weighted by Gasteiger charge is 2.34. The minimum Gasteiger partial charge on any atom is -0.508 e. The van der Waals surface area contributed by atoms with Crippen molar-refractivity contribution >= 4 is 5.91 Å². The first-order chi connectivity index (χ1) is 18.6. The lowest BCUT2D eigenvalue weighted by Gasteiger charge is -2.39. The Morgan fingerprint density at radius 1 is 0.842 bits per heavy atom. The third-order valence-corrected chi connectivity index (χ3v) is 8.02. The van der Waals surface area contributed by atoms with Gasteiger partial charge in [-0.3, -0.25) is 9.69 Å². The fourth-order valence-electron chi connectivity index (χ4n) is 6.09. The molecule has 4 aromatic rings. The number of rotatable bonds is 6. The van der Waals surface area contributed by atoms with E-state index in [0.717, 1.165) is 31.4 Å². The highest BCUT2D eigenvalue weighted by molar-refractivity contribution is 5.79. The van der Waals surface area contributed by atoms with Gasteiger partial charge < -0.3 is 10.0 Å². The number of amides is 1. The quantitative estimate of drug-likeness (QED) is 0.366. The van der Waals surface area contributed by atoms with E-state index < -0.39 is 0 Å². The van der Waals surface area contributed by atoms with E-state index in [0.29, 0.717) is 5.56 Å². The molecule has 0 saturated heterocycles. The van der Waals surface area contributed by atoms with Crippen molar-refractivity contribution in [3.63, 3.8) is 0 Å². The number of hydrogen-bond acceptors (Lipinski definition) is 3. The van der Waals surface area contributed by atoms with Gasteiger partial charge in [-0.15, -0.1) is 0 Å². The third-order valence-electron chi connectivity index (χ3n) is 8.02. The molecular weight excluding hydrogens is 475 g/mol. The molecule has 1 aliphatic carbocycles. The normalized spacial score (nSPS) is 17.1. The van der Waals surface area contributed by atoms with Crippen LogP contribution >= 0.6 is 0 Å². The molecule has 5 heteroatoms. The molecule has 38 heavy (non-hydrogen) atoms. The van der Waals surface area contributed by atoms with Gasteiger partial charge in [-0.2, -0.15) is 0 Å². The molecule has 1 amide bonds. The van der Waals surface area contributed by atoms with Crippen molar-refractivity contribution in [3.8, 4) is 5.75 Å². The number of halogens is 1. The average Bonchev–Trinajstić information content (AvgIpc) is 3.37. The summed E-state index contributed by atoms with van der Waals surface area (Å²) in [6.45, 7) is 1.23. The van der Waals surface area contributed by atoms with Crippen LogP contribution in [0.4, 0.5) is 4.39 Å². The number of nitrogens with zero attached hydrogens (tertiary/aromatic N) is 2. The van der Waals surface area contributed by atoms with Crippen molar-refractivity contribution in [1.29, 1.82) is 0 Å². The number of phenols is 1. The maximum absolute atomic E-state index is 14.7. The minimum atomic E-state index is -0.283. The van der Waals surface area contributed by atoms with Gasteiger partial charge in [-0.25, -0.2) is 4.39 Å². The van der Waals surface area contributed by atoms with Crippen molar-refractivity contribution in [2.24, 2.45) is 0 Å². The molecule has 0 radical (unpaired) electrons. The van der Waals surface area contributed by atoms with Gasteiger partial charge in [0, 0.05) is 24.7 Å². The van der Waals surface area contributed by atoms with Crippen molar-refractivity contribution in [1.82, 2.24) is 9.80 Å². The summed E-state index contributed by atoms with van der Waals surface area (Å²) >= 11 is 0. The molecule has 0 spiro atoms. The lowest BCUT2D eigenvalue weighted by molar-refractivity contribution is -0.136. The monoisotopic (exact) mass is 506 g/mol. The SMILES string of the molecule is O=C(CN1CCc2ccccc2C1c1ccc(O)cc1)N(Cc1ccccc1F)C1Cc2ccccc2C1. The first-order valence-electron chi connectivity index (χ1n) is 13.3. The van der Waals surface area contributed by atoms with Crippen molar-refractivity contribution in [3.05, 3.63) is 136 Å². The van der Waals surface area contributed by atoms with Gasteiger partial charge in [0.15, 0.2) is 0 Å². The lowest BCUT2D eigenvalue weighted by Crippen LogP contribution is -2.48. The van der Waals surface area contributed by atoms with E-state index in [-0.39, 0.29) is 42.6 Å². The maximum atomic E-state index is 14.7. The second-order valence-corrected chi connectivity index (χ2v) is 10.4. The largest absolute Gasteiger partial charge is 0.508 e. The molecule has 4 nitrogen and oxygen atoms in total. The van der Waals surface area contributed by atoms with Gasteiger partial charge >= 0.3 is 0 Å². The lowest BCUT2D eigenvalue weighted by atomic mass is 9.88. The number of hydrogen-bond donors (Lipinski definition) is 1. The van der Waals surface area contributed by atoms with E-state index >= 15 is 0 Å². The van der Waals surface area contributed by atoms with Gasteiger partial charge in [0.2, 0.25) is 5.91 Å². The van der Waals surface area contributed by atoms with E-state index in [1.165, 1.54) is 28.3 Å². The van der Waals surface area contributed by atoms with E-state index in [1.54, 1.807) is 24.3 Å². The molecule has 6 rings (SSSR count). The van der Waals surface area contributed by atoms with Crippen LogP contribution in [0, 0.1) is 5.82 Å². The Kier molecular flexibility index (Phi) is 6.69. The fourth-order valence-corrected chi connectivity index (χ4v) is 6.09. The zero-order valence-corrected chi connectivity index (χ0v) is 21.3. The summed E-state index contributed by atoms with van der Waals surface area (Å²) in [4.78, 5) is 18.3. The van der Waals surface area contributed by atoms with Crippen LogP contribution in [0.25, 0.3) is 0 Å². The summed E-state index contributed by atoms with van der Waals surface area (Å²) in [6, 6.07) is 30.6. The molecule has 1 heterocycles. The van der Waals surface area contributed by atoms with E-state index in [1.807, 2.05) is 41.3 Å². The molecule has 192 valence electrons. The van der Waals surface area contributed by atoms with Gasteiger partial charge in [-0.1, -0.05) is 78.9 Å². The molecule has 0 aromatic heterocycles. The molecule has 2 aliphatic rings. The number of fused-ring (bicyclic) bond motifs is 2. The summed E-state index contributed by atoms with van der Waals surface area (Å²) in [5, 5.41) is 9.89. The second-order valence-electron chi connectivity index (χ2n) is 10.4. The van der Waals surface area contributed by atoms with Crippen LogP contribution in [0.2, 0.25) is 0 Å². The second kappa shape index (κ2) is 10.4. The van der Waals surface area contributed by atoms with E-state index in [4.69, 9.17) is 0 Å². The van der Waals surface area contributed by atoms with Crippen molar-refractivity contribution in [2.75, 3.05) is 13.1 Å². The summed E-state index contributed by atoms with van der Waals surface area (Å²) in [5.41, 5.74) is 6.57. The summed E-state index contributed by atoms with van der Waals surface area (Å²) < 4.78 is 14.7. The Labute approximate surface area is 223 Å². The Morgan fingerprint density at radius 3 is 2.18 bits per heavy atom.